The molecule has 3 N–H and O–H groups in total. The van der Waals surface area contributed by atoms with Crippen molar-refractivity contribution >= 4 is 29.5 Å². The number of anilines is 1. The minimum atomic E-state index is -0.470. The summed E-state index contributed by atoms with van der Waals surface area (Å²) < 4.78 is 2.44. The van der Waals surface area contributed by atoms with Gasteiger partial charge >= 0.3 is 0 Å². The Labute approximate surface area is 161 Å². The third kappa shape index (κ3) is 4.51. The second-order valence-corrected chi connectivity index (χ2v) is 7.21. The molecule has 1 amide bonds. The predicted octanol–water partition coefficient (Wildman–Crippen LogP) is 2.98. The van der Waals surface area contributed by atoms with Crippen LogP contribution in [0.5, 0.6) is 0 Å². The summed E-state index contributed by atoms with van der Waals surface area (Å²) in [6.45, 7) is 4.36. The minimum absolute atomic E-state index is 0.0877. The van der Waals surface area contributed by atoms with E-state index in [2.05, 4.69) is 20.8 Å². The first-order valence-electron chi connectivity index (χ1n) is 8.85. The molecule has 0 unspecified atom stereocenters. The number of aromatic nitrogens is 3. The van der Waals surface area contributed by atoms with Crippen molar-refractivity contribution in [3.8, 4) is 0 Å². The van der Waals surface area contributed by atoms with E-state index in [0.717, 1.165) is 18.7 Å². The normalized spacial score (nSPS) is 13.6. The second kappa shape index (κ2) is 7.87. The average Bonchev–Trinajstić information content (AvgIpc) is 3.35. The summed E-state index contributed by atoms with van der Waals surface area (Å²) in [5.41, 5.74) is 0.618. The predicted molar refractivity (Wildman–Crippen MR) is 104 cm³/mol. The van der Waals surface area contributed by atoms with E-state index in [4.69, 9.17) is 12.2 Å². The fraction of sp³-hybridized carbons (Fsp3) is 0.471. The van der Waals surface area contributed by atoms with Gasteiger partial charge in [-0.05, 0) is 51.0 Å². The number of H-pyrrole nitrogens is 1. The van der Waals surface area contributed by atoms with Crippen molar-refractivity contribution in [2.24, 2.45) is 0 Å². The molecule has 0 radical (unpaired) electrons. The number of nitro groups is 1. The molecule has 144 valence electrons. The fourth-order valence-electron chi connectivity index (χ4n) is 2.83. The number of hydrogen-bond acceptors (Lipinski definition) is 6. The Morgan fingerprint density at radius 1 is 1.48 bits per heavy atom. The van der Waals surface area contributed by atoms with Gasteiger partial charge in [-0.25, -0.2) is 0 Å². The third-order valence-corrected chi connectivity index (χ3v) is 4.61. The summed E-state index contributed by atoms with van der Waals surface area (Å²) in [5, 5.41) is 24.1. The van der Waals surface area contributed by atoms with Crippen molar-refractivity contribution in [2.45, 2.75) is 45.2 Å². The van der Waals surface area contributed by atoms with Gasteiger partial charge in [-0.2, -0.15) is 5.10 Å². The zero-order valence-electron chi connectivity index (χ0n) is 15.2. The first-order chi connectivity index (χ1) is 12.9. The van der Waals surface area contributed by atoms with Crippen molar-refractivity contribution in [1.82, 2.24) is 20.1 Å². The Morgan fingerprint density at radius 3 is 2.85 bits per heavy atom. The molecule has 0 aliphatic heterocycles. The van der Waals surface area contributed by atoms with E-state index < -0.39 is 4.92 Å². The first kappa shape index (κ1) is 19.0. The van der Waals surface area contributed by atoms with Gasteiger partial charge in [-0.3, -0.25) is 20.0 Å². The van der Waals surface area contributed by atoms with Crippen molar-refractivity contribution < 1.29 is 9.72 Å². The highest BCUT2D eigenvalue weighted by Gasteiger charge is 2.25. The molecule has 1 saturated carbocycles. The lowest BCUT2D eigenvalue weighted by molar-refractivity contribution is -0.384. The number of nitrogens with one attached hydrogen (secondary N) is 3. The molecule has 0 saturated heterocycles. The molecule has 1 aromatic heterocycles. The molecule has 10 heteroatoms. The van der Waals surface area contributed by atoms with Gasteiger partial charge < -0.3 is 15.2 Å². The number of carbonyl (C=O) groups excluding carboxylic acids is 1. The van der Waals surface area contributed by atoms with Crippen molar-refractivity contribution in [3.63, 3.8) is 0 Å². The number of carbonyl (C=O) groups is 1. The molecular weight excluding hydrogens is 368 g/mol. The summed E-state index contributed by atoms with van der Waals surface area (Å²) in [7, 11) is 0. The van der Waals surface area contributed by atoms with Crippen LogP contribution in [0.25, 0.3) is 0 Å². The first-order valence-corrected chi connectivity index (χ1v) is 9.26. The lowest BCUT2D eigenvalue weighted by Gasteiger charge is -2.11. The summed E-state index contributed by atoms with van der Waals surface area (Å²) in [6.07, 6.45) is 2.52. The summed E-state index contributed by atoms with van der Waals surface area (Å²) in [4.78, 5) is 23.2. The van der Waals surface area contributed by atoms with Gasteiger partial charge in [0, 0.05) is 36.7 Å². The molecule has 0 atom stereocenters. The molecule has 1 heterocycles. The Bertz CT molecular complexity index is 916. The van der Waals surface area contributed by atoms with Crippen LogP contribution in [-0.2, 0) is 6.42 Å². The monoisotopic (exact) mass is 390 g/mol. The number of aromatic amines is 1. The van der Waals surface area contributed by atoms with E-state index in [1.54, 1.807) is 12.1 Å². The second-order valence-electron chi connectivity index (χ2n) is 6.82. The van der Waals surface area contributed by atoms with Crippen LogP contribution in [0, 0.1) is 14.9 Å². The fourth-order valence-corrected chi connectivity index (χ4v) is 3.19. The van der Waals surface area contributed by atoms with E-state index in [9.17, 15) is 14.9 Å². The molecule has 1 fully saturated rings. The van der Waals surface area contributed by atoms with Gasteiger partial charge in [-0.15, -0.1) is 0 Å². The largest absolute Gasteiger partial charge is 0.377 e. The lowest BCUT2D eigenvalue weighted by Crippen LogP contribution is -2.26. The molecule has 0 bridgehead atoms. The van der Waals surface area contributed by atoms with Crippen molar-refractivity contribution in [2.75, 3.05) is 11.9 Å². The Balaban J connectivity index is 1.65. The molecule has 1 aromatic carbocycles. The van der Waals surface area contributed by atoms with E-state index in [0.29, 0.717) is 29.5 Å². The summed E-state index contributed by atoms with van der Waals surface area (Å²) >= 11 is 5.20. The van der Waals surface area contributed by atoms with Gasteiger partial charge in [0.1, 0.15) is 11.5 Å². The van der Waals surface area contributed by atoms with E-state index in [-0.39, 0.29) is 23.2 Å². The number of rotatable bonds is 8. The molecule has 1 aliphatic rings. The van der Waals surface area contributed by atoms with Gasteiger partial charge in [0.2, 0.25) is 0 Å². The number of nitro benzene ring substituents is 1. The van der Waals surface area contributed by atoms with Crippen molar-refractivity contribution in [1.29, 1.82) is 0 Å². The number of amides is 1. The highest BCUT2D eigenvalue weighted by atomic mass is 32.1. The Morgan fingerprint density at radius 2 is 2.22 bits per heavy atom. The van der Waals surface area contributed by atoms with Crippen LogP contribution in [-0.4, -0.2) is 38.2 Å². The van der Waals surface area contributed by atoms with Gasteiger partial charge in [0.05, 0.1) is 4.92 Å². The highest BCUT2D eigenvalue weighted by molar-refractivity contribution is 7.71. The molecule has 1 aliphatic carbocycles. The van der Waals surface area contributed by atoms with E-state index >= 15 is 0 Å². The van der Waals surface area contributed by atoms with Crippen LogP contribution in [0.3, 0.4) is 0 Å². The molecule has 9 nitrogen and oxygen atoms in total. The van der Waals surface area contributed by atoms with Gasteiger partial charge in [0.25, 0.3) is 11.6 Å². The quantitative estimate of drug-likeness (QED) is 0.362. The van der Waals surface area contributed by atoms with Crippen LogP contribution < -0.4 is 10.6 Å². The zero-order valence-corrected chi connectivity index (χ0v) is 16.0. The highest BCUT2D eigenvalue weighted by Crippen LogP contribution is 2.31. The smallest absolute Gasteiger partial charge is 0.293 e. The number of benzene rings is 1. The average molecular weight is 390 g/mol. The van der Waals surface area contributed by atoms with Crippen LogP contribution in [0.1, 0.15) is 48.9 Å². The molecule has 2 aromatic rings. The Kier molecular flexibility index (Phi) is 5.54. The van der Waals surface area contributed by atoms with E-state index in [1.807, 2.05) is 18.4 Å². The molecule has 3 rings (SSSR count). The van der Waals surface area contributed by atoms with Crippen molar-refractivity contribution in [3.05, 3.63) is 44.5 Å². The summed E-state index contributed by atoms with van der Waals surface area (Å²) in [6, 6.07) is 4.95. The third-order valence-electron chi connectivity index (χ3n) is 4.32. The van der Waals surface area contributed by atoms with Crippen LogP contribution in [0.4, 0.5) is 11.4 Å². The van der Waals surface area contributed by atoms with Crippen LogP contribution in [0.15, 0.2) is 18.2 Å². The maximum atomic E-state index is 12.4. The molecule has 0 spiro atoms. The topological polar surface area (TPSA) is 118 Å². The lowest BCUT2D eigenvalue weighted by atomic mass is 10.1. The Hall–Kier alpha value is -2.75. The van der Waals surface area contributed by atoms with Gasteiger partial charge in [-0.1, -0.05) is 0 Å². The minimum Gasteiger partial charge on any atom is -0.377 e. The van der Waals surface area contributed by atoms with E-state index in [1.165, 1.54) is 6.07 Å². The SMILES string of the molecule is CC(C)n1c(CCNC(=O)c2ccc(NC3CC3)c([N+](=O)[O-])c2)n[nH]c1=S. The van der Waals surface area contributed by atoms with Crippen LogP contribution in [0.2, 0.25) is 0 Å². The van der Waals surface area contributed by atoms with Crippen LogP contribution >= 0.6 is 12.2 Å². The molecule has 27 heavy (non-hydrogen) atoms. The maximum Gasteiger partial charge on any atom is 0.293 e. The number of hydrogen-bond donors (Lipinski definition) is 3. The zero-order chi connectivity index (χ0) is 19.6. The summed E-state index contributed by atoms with van der Waals surface area (Å²) in [5.74, 6) is 0.395. The molecular formula is C17H22N6O3S. The maximum absolute atomic E-state index is 12.4. The number of nitrogens with zero attached hydrogens (tertiary/aromatic N) is 3. The standard InChI is InChI=1S/C17H22N6O3S/c1-10(2)22-15(20-21-17(22)27)7-8-18-16(24)11-3-6-13(19-12-4-5-12)14(9-11)23(25)26/h3,6,9-10,12,19H,4-5,7-8H2,1-2H3,(H,18,24)(H,21,27). The van der Waals surface area contributed by atoms with Gasteiger partial charge in [0.15, 0.2) is 4.77 Å².